The molecule has 0 saturated carbocycles. The lowest BCUT2D eigenvalue weighted by molar-refractivity contribution is -0.385. The Kier molecular flexibility index (Phi) is 6.75. The van der Waals surface area contributed by atoms with Gasteiger partial charge in [-0.05, 0) is 39.8 Å². The van der Waals surface area contributed by atoms with Crippen LogP contribution in [0.25, 0.3) is 11.3 Å². The molecule has 156 valence electrons. The third-order valence-corrected chi connectivity index (χ3v) is 5.91. The lowest BCUT2D eigenvalue weighted by atomic mass is 10.1. The van der Waals surface area contributed by atoms with Crippen molar-refractivity contribution >= 4 is 45.9 Å². The summed E-state index contributed by atoms with van der Waals surface area (Å²) in [5.41, 5.74) is 3.61. The van der Waals surface area contributed by atoms with E-state index in [2.05, 4.69) is 4.99 Å². The standard InChI is InChI=1S/C21H20Cl2N4O2S/c1-12(2)24-21-26(20(11-30-21)16-7-8-17(22)18(23)9-16)25-14(4)15-6-5-13(3)19(10-15)27(28)29/h5-12H,1-4H3. The second-order valence-electron chi connectivity index (χ2n) is 7.01. The van der Waals surface area contributed by atoms with Crippen LogP contribution in [0.4, 0.5) is 5.69 Å². The van der Waals surface area contributed by atoms with Crippen molar-refractivity contribution in [1.82, 2.24) is 4.68 Å². The number of thiazole rings is 1. The Balaban J connectivity index is 2.18. The molecule has 1 aromatic heterocycles. The maximum Gasteiger partial charge on any atom is 0.272 e. The summed E-state index contributed by atoms with van der Waals surface area (Å²) < 4.78 is 1.74. The molecule has 0 atom stereocenters. The molecule has 0 saturated heterocycles. The highest BCUT2D eigenvalue weighted by molar-refractivity contribution is 7.07. The average Bonchev–Trinajstić information content (AvgIpc) is 3.05. The Morgan fingerprint density at radius 1 is 1.17 bits per heavy atom. The minimum Gasteiger partial charge on any atom is -0.258 e. The van der Waals surface area contributed by atoms with Gasteiger partial charge in [0.2, 0.25) is 4.80 Å². The first kappa shape index (κ1) is 22.2. The first-order valence-corrected chi connectivity index (χ1v) is 10.8. The summed E-state index contributed by atoms with van der Waals surface area (Å²) in [5.74, 6) is 0. The Hall–Kier alpha value is -2.48. The van der Waals surface area contributed by atoms with E-state index in [1.807, 2.05) is 38.3 Å². The van der Waals surface area contributed by atoms with Crippen molar-refractivity contribution in [3.05, 3.63) is 77.9 Å². The molecular formula is C21H20Cl2N4O2S. The zero-order valence-corrected chi connectivity index (χ0v) is 19.2. The van der Waals surface area contributed by atoms with Gasteiger partial charge in [-0.15, -0.1) is 11.3 Å². The van der Waals surface area contributed by atoms with Crippen LogP contribution in [0.1, 0.15) is 31.9 Å². The van der Waals surface area contributed by atoms with Gasteiger partial charge in [0.05, 0.1) is 26.4 Å². The van der Waals surface area contributed by atoms with Crippen LogP contribution in [0.3, 0.4) is 0 Å². The van der Waals surface area contributed by atoms with Crippen LogP contribution < -0.4 is 4.80 Å². The van der Waals surface area contributed by atoms with Crippen molar-refractivity contribution in [2.24, 2.45) is 10.1 Å². The van der Waals surface area contributed by atoms with Gasteiger partial charge in [0.15, 0.2) is 0 Å². The second kappa shape index (κ2) is 9.12. The summed E-state index contributed by atoms with van der Waals surface area (Å²) in [6.45, 7) is 7.51. The molecule has 0 aliphatic rings. The SMILES string of the molecule is CC(=Nn1c(-c2ccc(Cl)c(Cl)c2)csc1=NC(C)C)c1ccc(C)c([N+](=O)[O-])c1. The van der Waals surface area contributed by atoms with E-state index in [0.29, 0.717) is 31.7 Å². The van der Waals surface area contributed by atoms with Crippen molar-refractivity contribution in [3.63, 3.8) is 0 Å². The molecule has 0 bridgehead atoms. The topological polar surface area (TPSA) is 72.8 Å². The van der Waals surface area contributed by atoms with Gasteiger partial charge in [-0.25, -0.2) is 4.68 Å². The summed E-state index contributed by atoms with van der Waals surface area (Å²) in [7, 11) is 0. The van der Waals surface area contributed by atoms with Crippen LogP contribution in [0.15, 0.2) is 51.9 Å². The van der Waals surface area contributed by atoms with Gasteiger partial charge in [0.25, 0.3) is 5.69 Å². The molecule has 0 unspecified atom stereocenters. The number of nitrogens with zero attached hydrogens (tertiary/aromatic N) is 4. The Labute approximate surface area is 188 Å². The molecule has 30 heavy (non-hydrogen) atoms. The molecule has 0 fully saturated rings. The molecule has 3 aromatic rings. The molecule has 0 amide bonds. The van der Waals surface area contributed by atoms with Crippen molar-refractivity contribution in [2.45, 2.75) is 33.7 Å². The molecule has 6 nitrogen and oxygen atoms in total. The van der Waals surface area contributed by atoms with Crippen molar-refractivity contribution in [3.8, 4) is 11.3 Å². The Morgan fingerprint density at radius 3 is 2.53 bits per heavy atom. The molecular weight excluding hydrogens is 443 g/mol. The zero-order valence-electron chi connectivity index (χ0n) is 16.9. The van der Waals surface area contributed by atoms with Crippen LogP contribution in [-0.4, -0.2) is 21.4 Å². The van der Waals surface area contributed by atoms with E-state index in [0.717, 1.165) is 11.3 Å². The molecule has 3 rings (SSSR count). The Morgan fingerprint density at radius 2 is 1.90 bits per heavy atom. The fraction of sp³-hybridized carbons (Fsp3) is 0.238. The van der Waals surface area contributed by atoms with Crippen molar-refractivity contribution < 1.29 is 4.92 Å². The zero-order chi connectivity index (χ0) is 22.0. The molecule has 0 aliphatic carbocycles. The first-order valence-electron chi connectivity index (χ1n) is 9.18. The summed E-state index contributed by atoms with van der Waals surface area (Å²) in [6.07, 6.45) is 0. The monoisotopic (exact) mass is 462 g/mol. The predicted molar refractivity (Wildman–Crippen MR) is 124 cm³/mol. The van der Waals surface area contributed by atoms with E-state index in [1.165, 1.54) is 11.3 Å². The molecule has 0 spiro atoms. The molecule has 1 heterocycles. The van der Waals surface area contributed by atoms with Crippen LogP contribution in [0.5, 0.6) is 0 Å². The number of nitro benzene ring substituents is 1. The van der Waals surface area contributed by atoms with E-state index in [-0.39, 0.29) is 16.7 Å². The predicted octanol–water partition coefficient (Wildman–Crippen LogP) is 6.32. The fourth-order valence-electron chi connectivity index (χ4n) is 2.80. The van der Waals surface area contributed by atoms with Crippen LogP contribution >= 0.6 is 34.5 Å². The third-order valence-electron chi connectivity index (χ3n) is 4.34. The number of aromatic nitrogens is 1. The summed E-state index contributed by atoms with van der Waals surface area (Å²) >= 11 is 13.7. The van der Waals surface area contributed by atoms with E-state index < -0.39 is 0 Å². The number of benzene rings is 2. The van der Waals surface area contributed by atoms with Gasteiger partial charge in [-0.1, -0.05) is 41.4 Å². The maximum absolute atomic E-state index is 11.3. The van der Waals surface area contributed by atoms with Gasteiger partial charge < -0.3 is 0 Å². The third kappa shape index (κ3) is 4.80. The lowest BCUT2D eigenvalue weighted by Gasteiger charge is -2.08. The number of aryl methyl sites for hydroxylation is 1. The van der Waals surface area contributed by atoms with Crippen molar-refractivity contribution in [1.29, 1.82) is 0 Å². The van der Waals surface area contributed by atoms with Crippen LogP contribution in [0.2, 0.25) is 10.0 Å². The fourth-order valence-corrected chi connectivity index (χ4v) is 4.06. The summed E-state index contributed by atoms with van der Waals surface area (Å²) in [6, 6.07) is 10.6. The van der Waals surface area contributed by atoms with Gasteiger partial charge >= 0.3 is 0 Å². The smallest absolute Gasteiger partial charge is 0.258 e. The van der Waals surface area contributed by atoms with Gasteiger partial charge in [0.1, 0.15) is 0 Å². The van der Waals surface area contributed by atoms with E-state index in [4.69, 9.17) is 28.3 Å². The first-order chi connectivity index (χ1) is 14.2. The normalized spacial score (nSPS) is 12.6. The average molecular weight is 463 g/mol. The number of hydrogen-bond donors (Lipinski definition) is 0. The molecule has 0 aliphatic heterocycles. The highest BCUT2D eigenvalue weighted by Gasteiger charge is 2.14. The summed E-state index contributed by atoms with van der Waals surface area (Å²) in [4.78, 5) is 16.3. The van der Waals surface area contributed by atoms with Gasteiger partial charge in [0, 0.05) is 34.2 Å². The Bertz CT molecular complexity index is 1210. The number of rotatable bonds is 5. The number of halogens is 2. The highest BCUT2D eigenvalue weighted by Crippen LogP contribution is 2.29. The number of nitro groups is 1. The van der Waals surface area contributed by atoms with Gasteiger partial charge in [-0.2, -0.15) is 5.10 Å². The summed E-state index contributed by atoms with van der Waals surface area (Å²) in [5, 5.41) is 18.9. The van der Waals surface area contributed by atoms with Crippen LogP contribution in [0, 0.1) is 17.0 Å². The molecule has 0 N–H and O–H groups in total. The molecule has 2 aromatic carbocycles. The quantitative estimate of drug-likeness (QED) is 0.252. The minimum absolute atomic E-state index is 0.0640. The molecule has 0 radical (unpaired) electrons. The maximum atomic E-state index is 11.3. The van der Waals surface area contributed by atoms with Crippen molar-refractivity contribution in [2.75, 3.05) is 0 Å². The lowest BCUT2D eigenvalue weighted by Crippen LogP contribution is -2.16. The van der Waals surface area contributed by atoms with E-state index in [1.54, 1.807) is 35.9 Å². The van der Waals surface area contributed by atoms with E-state index >= 15 is 0 Å². The van der Waals surface area contributed by atoms with E-state index in [9.17, 15) is 10.1 Å². The van der Waals surface area contributed by atoms with Gasteiger partial charge in [-0.3, -0.25) is 15.1 Å². The van der Waals surface area contributed by atoms with Crippen LogP contribution in [-0.2, 0) is 0 Å². The largest absolute Gasteiger partial charge is 0.272 e. The number of hydrogen-bond acceptors (Lipinski definition) is 5. The molecule has 9 heteroatoms. The highest BCUT2D eigenvalue weighted by atomic mass is 35.5. The minimum atomic E-state index is -0.384. The second-order valence-corrected chi connectivity index (χ2v) is 8.66.